The van der Waals surface area contributed by atoms with Crippen LogP contribution in [0.3, 0.4) is 0 Å². The number of benzene rings is 2. The predicted molar refractivity (Wildman–Crippen MR) is 111 cm³/mol. The number of carbonyl (C=O) groups is 5. The van der Waals surface area contributed by atoms with Crippen LogP contribution in [0.1, 0.15) is 34.5 Å². The second-order valence-electron chi connectivity index (χ2n) is 8.29. The van der Waals surface area contributed by atoms with E-state index in [4.69, 9.17) is 0 Å². The van der Waals surface area contributed by atoms with E-state index in [-0.39, 0.29) is 18.4 Å². The minimum atomic E-state index is -1.17. The summed E-state index contributed by atoms with van der Waals surface area (Å²) in [4.78, 5) is 61.1. The number of imide groups is 2. The van der Waals surface area contributed by atoms with Gasteiger partial charge in [0, 0.05) is 12.1 Å². The maximum atomic E-state index is 12.8. The highest BCUT2D eigenvalue weighted by Crippen LogP contribution is 2.30. The van der Waals surface area contributed by atoms with Crippen LogP contribution in [0.15, 0.2) is 42.5 Å². The molecule has 5 rings (SSSR count). The van der Waals surface area contributed by atoms with Crippen LogP contribution >= 0.6 is 0 Å². The highest BCUT2D eigenvalue weighted by molar-refractivity contribution is 6.07. The van der Waals surface area contributed by atoms with Crippen molar-refractivity contribution in [1.82, 2.24) is 26.2 Å². The van der Waals surface area contributed by atoms with Gasteiger partial charge in [-0.15, -0.1) is 0 Å². The van der Waals surface area contributed by atoms with Crippen molar-refractivity contribution in [2.75, 3.05) is 6.54 Å². The summed E-state index contributed by atoms with van der Waals surface area (Å²) in [6.45, 7) is 1.98. The average Bonchev–Trinajstić information content (AvgIpc) is 3.34. The Hall–Kier alpha value is -4.21. The molecule has 2 atom stereocenters. The molecular formula is C22H19N5O5. The van der Waals surface area contributed by atoms with Gasteiger partial charge >= 0.3 is 12.1 Å². The smallest absolute Gasteiger partial charge is 0.322 e. The van der Waals surface area contributed by atoms with E-state index in [1.807, 2.05) is 24.3 Å². The van der Waals surface area contributed by atoms with Crippen molar-refractivity contribution in [3.63, 3.8) is 0 Å². The quantitative estimate of drug-likeness (QED) is 0.529. The summed E-state index contributed by atoms with van der Waals surface area (Å²) in [5.41, 5.74) is 2.67. The number of amides is 7. The molecule has 3 aliphatic rings. The van der Waals surface area contributed by atoms with E-state index >= 15 is 0 Å². The lowest BCUT2D eigenvalue weighted by molar-refractivity contribution is -0.124. The van der Waals surface area contributed by atoms with Gasteiger partial charge in [-0.25, -0.2) is 9.59 Å². The Kier molecular flexibility index (Phi) is 4.26. The number of carbonyl (C=O) groups excluding carboxylic acids is 5. The summed E-state index contributed by atoms with van der Waals surface area (Å²) in [6, 6.07) is 11.0. The Morgan fingerprint density at radius 2 is 1.66 bits per heavy atom. The standard InChI is InChI=1S/C22H19N5O5/c1-22(19(30)25-21(32)26-22)10-27-9-14-8-13(6-7-15(14)18(27)29)11-2-4-12(5-3-11)16-17(28)24-20(31)23-16/h2-8,16H,9-10H2,1H3,(H2,23,24,28,31)(H2,25,26,30,32)/t16-,22?/m0/s1. The third-order valence-corrected chi connectivity index (χ3v) is 5.96. The van der Waals surface area contributed by atoms with Gasteiger partial charge in [-0.1, -0.05) is 30.3 Å². The first-order valence-corrected chi connectivity index (χ1v) is 10.0. The average molecular weight is 433 g/mol. The monoisotopic (exact) mass is 433 g/mol. The van der Waals surface area contributed by atoms with E-state index in [2.05, 4.69) is 21.3 Å². The van der Waals surface area contributed by atoms with E-state index in [1.165, 1.54) is 0 Å². The summed E-state index contributed by atoms with van der Waals surface area (Å²) in [5.74, 6) is -1.04. The number of nitrogens with zero attached hydrogens (tertiary/aromatic N) is 1. The Balaban J connectivity index is 1.35. The molecule has 2 fully saturated rings. The van der Waals surface area contributed by atoms with Gasteiger partial charge < -0.3 is 15.5 Å². The molecule has 162 valence electrons. The van der Waals surface area contributed by atoms with E-state index in [0.29, 0.717) is 17.7 Å². The Morgan fingerprint density at radius 3 is 2.28 bits per heavy atom. The topological polar surface area (TPSA) is 137 Å². The Labute approximate surface area is 182 Å². The molecule has 3 heterocycles. The van der Waals surface area contributed by atoms with Crippen LogP contribution < -0.4 is 21.3 Å². The van der Waals surface area contributed by atoms with Gasteiger partial charge in [0.2, 0.25) is 0 Å². The number of fused-ring (bicyclic) bond motifs is 1. The van der Waals surface area contributed by atoms with Crippen LogP contribution in [0.4, 0.5) is 9.59 Å². The largest absolute Gasteiger partial charge is 0.331 e. The van der Waals surface area contributed by atoms with Crippen LogP contribution in [0, 0.1) is 0 Å². The van der Waals surface area contributed by atoms with Crippen molar-refractivity contribution < 1.29 is 24.0 Å². The van der Waals surface area contributed by atoms with Gasteiger partial charge in [0.05, 0.1) is 6.54 Å². The highest BCUT2D eigenvalue weighted by atomic mass is 16.2. The zero-order valence-corrected chi connectivity index (χ0v) is 17.0. The van der Waals surface area contributed by atoms with Gasteiger partial charge in [-0.2, -0.15) is 0 Å². The minimum Gasteiger partial charge on any atom is -0.331 e. The molecule has 32 heavy (non-hydrogen) atoms. The summed E-state index contributed by atoms with van der Waals surface area (Å²) in [5, 5.41) is 9.55. The second-order valence-corrected chi connectivity index (χ2v) is 8.29. The summed E-state index contributed by atoms with van der Waals surface area (Å²) in [7, 11) is 0. The lowest BCUT2D eigenvalue weighted by Crippen LogP contribution is -2.52. The predicted octanol–water partition coefficient (Wildman–Crippen LogP) is 0.788. The molecule has 10 nitrogen and oxygen atoms in total. The molecule has 10 heteroatoms. The molecule has 0 bridgehead atoms. The highest BCUT2D eigenvalue weighted by Gasteiger charge is 2.45. The van der Waals surface area contributed by atoms with Gasteiger partial charge in [0.25, 0.3) is 17.7 Å². The molecule has 0 spiro atoms. The van der Waals surface area contributed by atoms with Crippen LogP contribution in [0.25, 0.3) is 11.1 Å². The van der Waals surface area contributed by atoms with E-state index in [1.54, 1.807) is 30.0 Å². The first-order valence-electron chi connectivity index (χ1n) is 10.0. The van der Waals surface area contributed by atoms with E-state index < -0.39 is 29.6 Å². The molecule has 2 aromatic carbocycles. The van der Waals surface area contributed by atoms with Crippen molar-refractivity contribution in [3.05, 3.63) is 59.2 Å². The lowest BCUT2D eigenvalue weighted by atomic mass is 9.98. The van der Waals surface area contributed by atoms with Gasteiger partial charge in [-0.3, -0.25) is 25.0 Å². The SMILES string of the molecule is CC1(CN2Cc3cc(-c4ccc([C@@H]5NC(=O)NC5=O)cc4)ccc3C2=O)NC(=O)NC1=O. The van der Waals surface area contributed by atoms with Crippen LogP contribution in [0.5, 0.6) is 0 Å². The van der Waals surface area contributed by atoms with Gasteiger partial charge in [0.15, 0.2) is 0 Å². The fourth-order valence-corrected chi connectivity index (χ4v) is 4.28. The molecule has 0 aliphatic carbocycles. The first kappa shape index (κ1) is 19.7. The first-order chi connectivity index (χ1) is 15.2. The number of rotatable bonds is 4. The van der Waals surface area contributed by atoms with Gasteiger partial charge in [-0.05, 0) is 41.3 Å². The molecule has 4 N–H and O–H groups in total. The Morgan fingerprint density at radius 1 is 0.938 bits per heavy atom. The maximum absolute atomic E-state index is 12.8. The maximum Gasteiger partial charge on any atom is 0.322 e. The molecule has 0 aromatic heterocycles. The second kappa shape index (κ2) is 6.91. The number of urea groups is 2. The molecule has 2 saturated heterocycles. The molecule has 3 aliphatic heterocycles. The number of nitrogens with one attached hydrogen (secondary N) is 4. The molecule has 2 aromatic rings. The van der Waals surface area contributed by atoms with Crippen molar-refractivity contribution >= 4 is 29.8 Å². The zero-order chi connectivity index (χ0) is 22.6. The molecule has 7 amide bonds. The van der Waals surface area contributed by atoms with Gasteiger partial charge in [0.1, 0.15) is 11.6 Å². The van der Waals surface area contributed by atoms with Crippen LogP contribution in [0.2, 0.25) is 0 Å². The van der Waals surface area contributed by atoms with Crippen molar-refractivity contribution in [1.29, 1.82) is 0 Å². The fourth-order valence-electron chi connectivity index (χ4n) is 4.28. The lowest BCUT2D eigenvalue weighted by Gasteiger charge is -2.26. The van der Waals surface area contributed by atoms with Crippen molar-refractivity contribution in [2.45, 2.75) is 25.0 Å². The number of hydrogen-bond donors (Lipinski definition) is 4. The Bertz CT molecular complexity index is 1210. The molecule has 1 unspecified atom stereocenters. The summed E-state index contributed by atoms with van der Waals surface area (Å²) >= 11 is 0. The normalized spacial score (nSPS) is 24.2. The number of hydrogen-bond acceptors (Lipinski definition) is 5. The van der Waals surface area contributed by atoms with E-state index in [0.717, 1.165) is 16.7 Å². The van der Waals surface area contributed by atoms with Crippen molar-refractivity contribution in [2.24, 2.45) is 0 Å². The van der Waals surface area contributed by atoms with Crippen LogP contribution in [-0.2, 0) is 16.1 Å². The minimum absolute atomic E-state index is 0.0668. The summed E-state index contributed by atoms with van der Waals surface area (Å²) in [6.07, 6.45) is 0. The van der Waals surface area contributed by atoms with Crippen LogP contribution in [-0.4, -0.2) is 46.8 Å². The third-order valence-electron chi connectivity index (χ3n) is 5.96. The van der Waals surface area contributed by atoms with E-state index in [9.17, 15) is 24.0 Å². The molecule has 0 saturated carbocycles. The fraction of sp³-hybridized carbons (Fsp3) is 0.227. The molecule has 0 radical (unpaired) electrons. The molecular weight excluding hydrogens is 414 g/mol. The zero-order valence-electron chi connectivity index (χ0n) is 17.0. The van der Waals surface area contributed by atoms with Crippen molar-refractivity contribution in [3.8, 4) is 11.1 Å². The summed E-state index contributed by atoms with van der Waals surface area (Å²) < 4.78 is 0. The third kappa shape index (κ3) is 3.16.